The van der Waals surface area contributed by atoms with Crippen molar-refractivity contribution in [2.24, 2.45) is 5.92 Å². The summed E-state index contributed by atoms with van der Waals surface area (Å²) in [6.07, 6.45) is 4.08. The lowest BCUT2D eigenvalue weighted by molar-refractivity contribution is -0.206. The lowest BCUT2D eigenvalue weighted by Gasteiger charge is -2.37. The molecule has 1 saturated heterocycles. The Morgan fingerprint density at radius 1 is 1.04 bits per heavy atom. The van der Waals surface area contributed by atoms with Crippen molar-refractivity contribution in [1.29, 1.82) is 0 Å². The number of alkyl halides is 3. The fourth-order valence-corrected chi connectivity index (χ4v) is 6.84. The molecule has 0 aromatic heterocycles. The third kappa shape index (κ3) is 5.39. The van der Waals surface area contributed by atoms with E-state index in [2.05, 4.69) is 19.1 Å². The summed E-state index contributed by atoms with van der Waals surface area (Å²) >= 11 is 1.77. The van der Waals surface area contributed by atoms with Crippen LogP contribution in [0.3, 0.4) is 0 Å². The number of thioether (sulfide) groups is 2. The van der Waals surface area contributed by atoms with Gasteiger partial charge in [-0.2, -0.15) is 13.2 Å². The highest BCUT2D eigenvalue weighted by molar-refractivity contribution is 8.18. The SMILES string of the molecule is CCCC1CCC(c2ccc(COC3(C(F)(F)F)SCCCS3)cc2)CC1. The van der Waals surface area contributed by atoms with Crippen molar-refractivity contribution in [1.82, 2.24) is 0 Å². The molecule has 1 nitrogen and oxygen atoms in total. The van der Waals surface area contributed by atoms with Gasteiger partial charge < -0.3 is 4.74 Å². The first-order chi connectivity index (χ1) is 12.9. The van der Waals surface area contributed by atoms with Gasteiger partial charge in [-0.3, -0.25) is 0 Å². The molecule has 1 saturated carbocycles. The van der Waals surface area contributed by atoms with Crippen molar-refractivity contribution in [2.75, 3.05) is 11.5 Å². The van der Waals surface area contributed by atoms with Gasteiger partial charge in [0.25, 0.3) is 4.27 Å². The summed E-state index contributed by atoms with van der Waals surface area (Å²) in [5.74, 6) is 2.46. The van der Waals surface area contributed by atoms with Crippen LogP contribution in [-0.4, -0.2) is 21.9 Å². The summed E-state index contributed by atoms with van der Waals surface area (Å²) in [6.45, 7) is 2.25. The molecule has 1 aromatic carbocycles. The first kappa shape index (κ1) is 21.4. The summed E-state index contributed by atoms with van der Waals surface area (Å²) in [7, 11) is 0. The quantitative estimate of drug-likeness (QED) is 0.477. The van der Waals surface area contributed by atoms with E-state index in [4.69, 9.17) is 4.74 Å². The molecule has 0 radical (unpaired) electrons. The van der Waals surface area contributed by atoms with Gasteiger partial charge in [-0.15, -0.1) is 23.5 Å². The average Bonchev–Trinajstić information content (AvgIpc) is 2.68. The molecule has 0 bridgehead atoms. The minimum Gasteiger partial charge on any atom is -0.342 e. The Hall–Kier alpha value is -0.330. The molecule has 1 heterocycles. The van der Waals surface area contributed by atoms with Gasteiger partial charge in [0.05, 0.1) is 6.61 Å². The Labute approximate surface area is 169 Å². The molecule has 152 valence electrons. The standard InChI is InChI=1S/C21H29F3OS2/c1-2-4-16-5-9-18(10-6-16)19-11-7-17(8-12-19)15-25-21(20(22,23)24)26-13-3-14-27-21/h7-8,11-12,16,18H,2-6,9-10,13-15H2,1H3. The van der Waals surface area contributed by atoms with E-state index >= 15 is 0 Å². The minimum atomic E-state index is -4.36. The van der Waals surface area contributed by atoms with Crippen molar-refractivity contribution in [3.8, 4) is 0 Å². The molecular weight excluding hydrogens is 389 g/mol. The number of hydrogen-bond donors (Lipinski definition) is 0. The fraction of sp³-hybridized carbons (Fsp3) is 0.714. The Morgan fingerprint density at radius 3 is 2.22 bits per heavy atom. The van der Waals surface area contributed by atoms with Crippen molar-refractivity contribution in [3.63, 3.8) is 0 Å². The minimum absolute atomic E-state index is 0.00301. The Morgan fingerprint density at radius 2 is 1.67 bits per heavy atom. The molecule has 0 atom stereocenters. The third-order valence-corrected chi connectivity index (χ3v) is 8.80. The zero-order chi connectivity index (χ0) is 19.3. The highest BCUT2D eigenvalue weighted by atomic mass is 32.2. The topological polar surface area (TPSA) is 9.23 Å². The number of halogens is 3. The molecule has 0 amide bonds. The molecule has 27 heavy (non-hydrogen) atoms. The summed E-state index contributed by atoms with van der Waals surface area (Å²) in [5.41, 5.74) is 2.13. The largest absolute Gasteiger partial charge is 0.437 e. The fourth-order valence-electron chi connectivity index (χ4n) is 4.10. The molecule has 0 spiro atoms. The van der Waals surface area contributed by atoms with Crippen LogP contribution >= 0.6 is 23.5 Å². The van der Waals surface area contributed by atoms with E-state index < -0.39 is 10.4 Å². The number of benzene rings is 1. The van der Waals surface area contributed by atoms with Gasteiger partial charge in [-0.1, -0.05) is 44.0 Å². The van der Waals surface area contributed by atoms with E-state index in [1.807, 2.05) is 12.1 Å². The van der Waals surface area contributed by atoms with Crippen molar-refractivity contribution < 1.29 is 17.9 Å². The highest BCUT2D eigenvalue weighted by Crippen LogP contribution is 2.53. The van der Waals surface area contributed by atoms with E-state index in [0.717, 1.165) is 41.4 Å². The van der Waals surface area contributed by atoms with Crippen molar-refractivity contribution >= 4 is 23.5 Å². The predicted molar refractivity (Wildman–Crippen MR) is 109 cm³/mol. The maximum atomic E-state index is 13.5. The second-order valence-electron chi connectivity index (χ2n) is 7.64. The lowest BCUT2D eigenvalue weighted by atomic mass is 9.77. The lowest BCUT2D eigenvalue weighted by Crippen LogP contribution is -2.43. The van der Waals surface area contributed by atoms with Gasteiger partial charge >= 0.3 is 6.18 Å². The Balaban J connectivity index is 1.56. The molecule has 0 unspecified atom stereocenters. The number of rotatable bonds is 6. The molecule has 0 N–H and O–H groups in total. The van der Waals surface area contributed by atoms with Crippen LogP contribution in [0.1, 0.15) is 68.9 Å². The van der Waals surface area contributed by atoms with Gasteiger partial charge in [-0.05, 0) is 66.6 Å². The third-order valence-electron chi connectivity index (χ3n) is 5.64. The second-order valence-corrected chi connectivity index (χ2v) is 10.4. The van der Waals surface area contributed by atoms with Crippen molar-refractivity contribution in [2.45, 2.75) is 74.8 Å². The van der Waals surface area contributed by atoms with Gasteiger partial charge in [0.15, 0.2) is 0 Å². The first-order valence-electron chi connectivity index (χ1n) is 10.0. The molecule has 6 heteroatoms. The molecule has 3 rings (SSSR count). The smallest absolute Gasteiger partial charge is 0.342 e. The van der Waals surface area contributed by atoms with Crippen LogP contribution in [0.5, 0.6) is 0 Å². The average molecular weight is 419 g/mol. The van der Waals surface area contributed by atoms with E-state index in [1.165, 1.54) is 44.1 Å². The van der Waals surface area contributed by atoms with E-state index in [9.17, 15) is 13.2 Å². The molecule has 2 fully saturated rings. The number of hydrogen-bond acceptors (Lipinski definition) is 3. The van der Waals surface area contributed by atoms with Crippen LogP contribution < -0.4 is 0 Å². The van der Waals surface area contributed by atoms with Crippen LogP contribution in [0, 0.1) is 5.92 Å². The van der Waals surface area contributed by atoms with Gasteiger partial charge in [0.1, 0.15) is 0 Å². The zero-order valence-electron chi connectivity index (χ0n) is 15.9. The maximum Gasteiger partial charge on any atom is 0.437 e. The van der Waals surface area contributed by atoms with Gasteiger partial charge in [0.2, 0.25) is 0 Å². The monoisotopic (exact) mass is 418 g/mol. The predicted octanol–water partition coefficient (Wildman–Crippen LogP) is 7.36. The summed E-state index contributed by atoms with van der Waals surface area (Å²) in [5, 5.41) is 0. The second kappa shape index (κ2) is 9.45. The van der Waals surface area contributed by atoms with Crippen LogP contribution in [0.25, 0.3) is 0 Å². The molecule has 1 aliphatic heterocycles. The van der Waals surface area contributed by atoms with E-state index in [0.29, 0.717) is 17.4 Å². The molecule has 2 aliphatic rings. The summed E-state index contributed by atoms with van der Waals surface area (Å²) in [6, 6.07) is 8.06. The van der Waals surface area contributed by atoms with Gasteiger partial charge in [0, 0.05) is 0 Å². The molecule has 1 aromatic rings. The summed E-state index contributed by atoms with van der Waals surface area (Å²) < 4.78 is 43.9. The Kier molecular flexibility index (Phi) is 7.48. The van der Waals surface area contributed by atoms with Crippen LogP contribution in [-0.2, 0) is 11.3 Å². The highest BCUT2D eigenvalue weighted by Gasteiger charge is 2.58. The Bertz CT molecular complexity index is 574. The zero-order valence-corrected chi connectivity index (χ0v) is 17.5. The molecular formula is C21H29F3OS2. The summed E-state index contributed by atoms with van der Waals surface area (Å²) in [4.78, 5) is 0. The van der Waals surface area contributed by atoms with Gasteiger partial charge in [-0.25, -0.2) is 0 Å². The maximum absolute atomic E-state index is 13.5. The number of ether oxygens (including phenoxy) is 1. The van der Waals surface area contributed by atoms with E-state index in [1.54, 1.807) is 0 Å². The normalized spacial score (nSPS) is 26.1. The van der Waals surface area contributed by atoms with Crippen LogP contribution in [0.4, 0.5) is 13.2 Å². The first-order valence-corrected chi connectivity index (χ1v) is 12.0. The van der Waals surface area contributed by atoms with Crippen molar-refractivity contribution in [3.05, 3.63) is 35.4 Å². The van der Waals surface area contributed by atoms with Crippen LogP contribution in [0.2, 0.25) is 0 Å². The van der Waals surface area contributed by atoms with E-state index in [-0.39, 0.29) is 6.61 Å². The molecule has 1 aliphatic carbocycles. The van der Waals surface area contributed by atoms with Crippen LogP contribution in [0.15, 0.2) is 24.3 Å².